The van der Waals surface area contributed by atoms with Crippen molar-refractivity contribution in [1.82, 2.24) is 15.0 Å². The van der Waals surface area contributed by atoms with E-state index in [4.69, 9.17) is 15.0 Å². The van der Waals surface area contributed by atoms with Gasteiger partial charge in [-0.15, -0.1) is 11.3 Å². The Morgan fingerprint density at radius 3 is 2.69 bits per heavy atom. The summed E-state index contributed by atoms with van der Waals surface area (Å²) >= 11 is 3.48. The number of aryl methyl sites for hydroxylation is 1. The molecule has 5 rings (SSSR count). The zero-order chi connectivity index (χ0) is 20.1. The zero-order valence-electron chi connectivity index (χ0n) is 17.9. The fourth-order valence-electron chi connectivity index (χ4n) is 5.06. The van der Waals surface area contributed by atoms with Crippen LogP contribution in [0.15, 0.2) is 5.16 Å². The number of thiophene rings is 1. The molecule has 2 aliphatic rings. The molecular formula is C23H30N4S2. The Balaban J connectivity index is 1.78. The van der Waals surface area contributed by atoms with E-state index in [1.807, 2.05) is 11.3 Å². The van der Waals surface area contributed by atoms with Gasteiger partial charge in [0.05, 0.1) is 10.2 Å². The molecule has 0 spiro atoms. The average Bonchev–Trinajstić information content (AvgIpc) is 3.31. The summed E-state index contributed by atoms with van der Waals surface area (Å²) in [4.78, 5) is 19.0. The molecule has 1 atom stereocenters. The lowest BCUT2D eigenvalue weighted by atomic mass is 9.99. The van der Waals surface area contributed by atoms with Crippen molar-refractivity contribution < 1.29 is 0 Å². The summed E-state index contributed by atoms with van der Waals surface area (Å²) < 4.78 is 1.25. The third-order valence-electron chi connectivity index (χ3n) is 6.44. The Morgan fingerprint density at radius 1 is 1.10 bits per heavy atom. The topological polar surface area (TPSA) is 41.9 Å². The van der Waals surface area contributed by atoms with E-state index in [1.54, 1.807) is 11.8 Å². The number of nitrogens with zero attached hydrogens (tertiary/aromatic N) is 4. The molecule has 3 aromatic heterocycles. The minimum absolute atomic E-state index is 0.539. The number of rotatable bonds is 4. The molecule has 4 heterocycles. The van der Waals surface area contributed by atoms with Crippen LogP contribution in [-0.2, 0) is 19.3 Å². The molecular weight excluding hydrogens is 396 g/mol. The number of piperidine rings is 1. The number of aromatic nitrogens is 3. The smallest absolute Gasteiger partial charge is 0.189 e. The van der Waals surface area contributed by atoms with Crippen LogP contribution in [-0.4, -0.2) is 33.8 Å². The third-order valence-corrected chi connectivity index (χ3v) is 8.06. The number of fused-ring (bicyclic) bond motifs is 5. The molecule has 1 aliphatic heterocycles. The summed E-state index contributed by atoms with van der Waals surface area (Å²) in [6, 6.07) is 0.539. The van der Waals surface area contributed by atoms with Gasteiger partial charge in [-0.3, -0.25) is 0 Å². The second-order valence-electron chi connectivity index (χ2n) is 9.00. The van der Waals surface area contributed by atoms with Crippen molar-refractivity contribution >= 4 is 49.3 Å². The van der Waals surface area contributed by atoms with Crippen LogP contribution in [0.25, 0.3) is 20.4 Å². The molecule has 4 nitrogen and oxygen atoms in total. The number of hydrogen-bond acceptors (Lipinski definition) is 6. The first-order valence-corrected chi connectivity index (χ1v) is 13.1. The molecule has 3 aromatic rings. The van der Waals surface area contributed by atoms with Crippen LogP contribution in [0.5, 0.6) is 0 Å². The minimum Gasteiger partial charge on any atom is -0.353 e. The van der Waals surface area contributed by atoms with Crippen LogP contribution in [0.3, 0.4) is 0 Å². The number of anilines is 1. The Morgan fingerprint density at radius 2 is 1.93 bits per heavy atom. The van der Waals surface area contributed by atoms with Gasteiger partial charge in [0.25, 0.3) is 0 Å². The van der Waals surface area contributed by atoms with E-state index in [9.17, 15) is 0 Å². The normalized spacial score (nSPS) is 19.6. The maximum Gasteiger partial charge on any atom is 0.189 e. The van der Waals surface area contributed by atoms with Gasteiger partial charge in [0, 0.05) is 23.7 Å². The first kappa shape index (κ1) is 19.6. The average molecular weight is 427 g/mol. The summed E-state index contributed by atoms with van der Waals surface area (Å²) in [5.74, 6) is 1.78. The number of pyridine rings is 1. The molecule has 0 unspecified atom stereocenters. The molecule has 1 aliphatic carbocycles. The first-order valence-electron chi connectivity index (χ1n) is 11.0. The van der Waals surface area contributed by atoms with Crippen LogP contribution < -0.4 is 4.90 Å². The fraction of sp³-hybridized carbons (Fsp3) is 0.609. The summed E-state index contributed by atoms with van der Waals surface area (Å²) in [5, 5.41) is 2.22. The summed E-state index contributed by atoms with van der Waals surface area (Å²) in [6.07, 6.45) is 10.6. The van der Waals surface area contributed by atoms with E-state index in [-0.39, 0.29) is 0 Å². The van der Waals surface area contributed by atoms with E-state index >= 15 is 0 Å². The quantitative estimate of drug-likeness (QED) is 0.376. The highest BCUT2D eigenvalue weighted by Gasteiger charge is 2.28. The molecule has 0 amide bonds. The minimum atomic E-state index is 0.539. The molecule has 0 saturated carbocycles. The highest BCUT2D eigenvalue weighted by atomic mass is 32.2. The SMILES string of the molecule is CSc1nc(N2CCCC[C@@H]2C)c2sc3nc(CC(C)C)c4c(c3c2n1)CCC4. The lowest BCUT2D eigenvalue weighted by Gasteiger charge is -2.34. The lowest BCUT2D eigenvalue weighted by Crippen LogP contribution is -2.38. The number of thioether (sulfide) groups is 1. The monoisotopic (exact) mass is 426 g/mol. The Kier molecular flexibility index (Phi) is 5.19. The van der Waals surface area contributed by atoms with Crippen molar-refractivity contribution in [3.63, 3.8) is 0 Å². The van der Waals surface area contributed by atoms with Crippen LogP contribution in [0.4, 0.5) is 5.82 Å². The van der Waals surface area contributed by atoms with Gasteiger partial charge in [-0.25, -0.2) is 15.0 Å². The summed E-state index contributed by atoms with van der Waals surface area (Å²) in [7, 11) is 0. The Bertz CT molecular complexity index is 1070. The maximum absolute atomic E-state index is 5.21. The van der Waals surface area contributed by atoms with Gasteiger partial charge >= 0.3 is 0 Å². The van der Waals surface area contributed by atoms with Crippen molar-refractivity contribution in [3.05, 3.63) is 16.8 Å². The van der Waals surface area contributed by atoms with E-state index < -0.39 is 0 Å². The third kappa shape index (κ3) is 3.32. The molecule has 0 bridgehead atoms. The second-order valence-corrected chi connectivity index (χ2v) is 10.8. The van der Waals surface area contributed by atoms with Gasteiger partial charge in [0.2, 0.25) is 0 Å². The van der Waals surface area contributed by atoms with Crippen molar-refractivity contribution in [2.75, 3.05) is 17.7 Å². The van der Waals surface area contributed by atoms with E-state index in [1.165, 1.54) is 70.3 Å². The predicted molar refractivity (Wildman–Crippen MR) is 126 cm³/mol. The Labute approximate surface area is 181 Å². The van der Waals surface area contributed by atoms with Crippen LogP contribution in [0.2, 0.25) is 0 Å². The highest BCUT2D eigenvalue weighted by molar-refractivity contribution is 7.98. The predicted octanol–water partition coefficient (Wildman–Crippen LogP) is 6.03. The molecule has 1 fully saturated rings. The lowest BCUT2D eigenvalue weighted by molar-refractivity contribution is 0.481. The largest absolute Gasteiger partial charge is 0.353 e. The molecule has 0 aromatic carbocycles. The fourth-order valence-corrected chi connectivity index (χ4v) is 6.59. The summed E-state index contributed by atoms with van der Waals surface area (Å²) in [5.41, 5.74) is 5.53. The van der Waals surface area contributed by atoms with Gasteiger partial charge in [-0.05, 0) is 75.2 Å². The standard InChI is InChI=1S/C23H30N4S2/c1-13(2)12-17-15-9-7-10-16(15)18-19-20(29-22(18)24-17)21(26-23(25-19)28-4)27-11-6-5-8-14(27)3/h13-14H,5-12H2,1-4H3/t14-/m0/s1. The van der Waals surface area contributed by atoms with Crippen molar-refractivity contribution in [2.45, 2.75) is 76.9 Å². The molecule has 0 radical (unpaired) electrons. The van der Waals surface area contributed by atoms with Crippen molar-refractivity contribution in [3.8, 4) is 0 Å². The van der Waals surface area contributed by atoms with Gasteiger partial charge in [-0.2, -0.15) is 0 Å². The molecule has 0 N–H and O–H groups in total. The van der Waals surface area contributed by atoms with Crippen LogP contribution in [0, 0.1) is 5.92 Å². The second kappa shape index (κ2) is 7.69. The highest BCUT2D eigenvalue weighted by Crippen LogP contribution is 2.44. The van der Waals surface area contributed by atoms with Crippen LogP contribution >= 0.6 is 23.1 Å². The maximum atomic E-state index is 5.21. The molecule has 1 saturated heterocycles. The molecule has 29 heavy (non-hydrogen) atoms. The van der Waals surface area contributed by atoms with E-state index in [0.717, 1.165) is 29.5 Å². The van der Waals surface area contributed by atoms with E-state index in [2.05, 4.69) is 31.9 Å². The summed E-state index contributed by atoms with van der Waals surface area (Å²) in [6.45, 7) is 8.03. The molecule has 154 valence electrons. The number of hydrogen-bond donors (Lipinski definition) is 0. The van der Waals surface area contributed by atoms with Gasteiger partial charge in [0.1, 0.15) is 4.83 Å². The molecule has 6 heteroatoms. The van der Waals surface area contributed by atoms with Gasteiger partial charge < -0.3 is 4.90 Å². The Hall–Kier alpha value is -1.40. The van der Waals surface area contributed by atoms with Crippen LogP contribution in [0.1, 0.15) is 63.3 Å². The first-order chi connectivity index (χ1) is 14.1. The van der Waals surface area contributed by atoms with Gasteiger partial charge in [0.15, 0.2) is 11.0 Å². The van der Waals surface area contributed by atoms with Crippen molar-refractivity contribution in [2.24, 2.45) is 5.92 Å². The zero-order valence-corrected chi connectivity index (χ0v) is 19.5. The van der Waals surface area contributed by atoms with E-state index in [0.29, 0.717) is 12.0 Å². The van der Waals surface area contributed by atoms with Crippen molar-refractivity contribution in [1.29, 1.82) is 0 Å². The van der Waals surface area contributed by atoms with Gasteiger partial charge in [-0.1, -0.05) is 25.6 Å².